The molecule has 5 rings (SSSR count). The lowest BCUT2D eigenvalue weighted by atomic mass is 9.97. The van der Waals surface area contributed by atoms with Crippen LogP contribution < -0.4 is 0 Å². The number of hydrogen-bond donors (Lipinski definition) is 1. The Labute approximate surface area is 148 Å². The van der Waals surface area contributed by atoms with Crippen LogP contribution in [0.3, 0.4) is 0 Å². The van der Waals surface area contributed by atoms with Crippen LogP contribution in [0.1, 0.15) is 47.0 Å². The normalized spacial score (nSPS) is 22.8. The molecular weight excluding hydrogens is 306 g/mol. The zero-order valence-electron chi connectivity index (χ0n) is 14.8. The number of fused-ring (bicyclic) bond motifs is 6. The lowest BCUT2D eigenvalue weighted by Crippen LogP contribution is -2.33. The average molecular weight is 329 g/mol. The Morgan fingerprint density at radius 1 is 1.16 bits per heavy atom. The molecule has 2 aromatic heterocycles. The van der Waals surface area contributed by atoms with Crippen molar-refractivity contribution in [1.82, 2.24) is 14.9 Å². The van der Waals surface area contributed by atoms with E-state index in [9.17, 15) is 0 Å². The topological polar surface area (TPSA) is 31.9 Å². The van der Waals surface area contributed by atoms with Gasteiger partial charge >= 0.3 is 0 Å². The summed E-state index contributed by atoms with van der Waals surface area (Å²) in [5.74, 6) is 0. The number of H-pyrrole nitrogens is 1. The largest absolute Gasteiger partial charge is 0.358 e. The van der Waals surface area contributed by atoms with E-state index in [4.69, 9.17) is 0 Å². The molecule has 2 aliphatic heterocycles. The second-order valence-corrected chi connectivity index (χ2v) is 7.47. The molecule has 2 unspecified atom stereocenters. The molecule has 126 valence electrons. The number of aryl methyl sites for hydroxylation is 1. The maximum absolute atomic E-state index is 4.38. The molecule has 2 atom stereocenters. The number of benzene rings is 1. The standard InChI is InChI=1S/C22H23N3/c1-14-6-7-15(13-23-14)8-9-16-4-3-5-18-21-19(24-22(16)18)12-17-10-11-20(21)25(17)2/h3-9,13,17,20,24H,10-12H2,1-2H3/b9-8+. The summed E-state index contributed by atoms with van der Waals surface area (Å²) in [6, 6.07) is 12.1. The minimum atomic E-state index is 0.586. The molecule has 3 nitrogen and oxygen atoms in total. The maximum atomic E-state index is 4.38. The summed E-state index contributed by atoms with van der Waals surface area (Å²) in [7, 11) is 2.29. The van der Waals surface area contributed by atoms with Gasteiger partial charge < -0.3 is 4.98 Å². The molecule has 0 saturated carbocycles. The summed E-state index contributed by atoms with van der Waals surface area (Å²) in [6.45, 7) is 2.02. The van der Waals surface area contributed by atoms with Gasteiger partial charge in [0.2, 0.25) is 0 Å². The van der Waals surface area contributed by atoms with Gasteiger partial charge in [-0.2, -0.15) is 0 Å². The summed E-state index contributed by atoms with van der Waals surface area (Å²) in [4.78, 5) is 10.7. The van der Waals surface area contributed by atoms with Gasteiger partial charge in [0.25, 0.3) is 0 Å². The molecule has 3 aromatic rings. The van der Waals surface area contributed by atoms with E-state index in [1.54, 1.807) is 5.56 Å². The maximum Gasteiger partial charge on any atom is 0.0533 e. The van der Waals surface area contributed by atoms with Crippen LogP contribution in [0.4, 0.5) is 0 Å². The van der Waals surface area contributed by atoms with Crippen LogP contribution in [0, 0.1) is 6.92 Å². The molecule has 0 amide bonds. The summed E-state index contributed by atoms with van der Waals surface area (Å²) in [6.07, 6.45) is 10.1. The van der Waals surface area contributed by atoms with Gasteiger partial charge in [-0.05, 0) is 49.6 Å². The molecular formula is C22H23N3. The highest BCUT2D eigenvalue weighted by atomic mass is 15.2. The highest BCUT2D eigenvalue weighted by Crippen LogP contribution is 2.45. The number of likely N-dealkylation sites (N-methyl/N-ethyl adjacent to an activating group) is 1. The Bertz CT molecular complexity index is 965. The molecule has 25 heavy (non-hydrogen) atoms. The third-order valence-electron chi connectivity index (χ3n) is 5.99. The van der Waals surface area contributed by atoms with E-state index in [2.05, 4.69) is 64.4 Å². The van der Waals surface area contributed by atoms with Gasteiger partial charge in [0.15, 0.2) is 0 Å². The lowest BCUT2D eigenvalue weighted by Gasteiger charge is -2.31. The van der Waals surface area contributed by atoms with Gasteiger partial charge in [0.05, 0.1) is 5.52 Å². The van der Waals surface area contributed by atoms with Gasteiger partial charge in [0, 0.05) is 41.5 Å². The van der Waals surface area contributed by atoms with E-state index >= 15 is 0 Å². The van der Waals surface area contributed by atoms with Crippen molar-refractivity contribution in [1.29, 1.82) is 0 Å². The second-order valence-electron chi connectivity index (χ2n) is 7.47. The Balaban J connectivity index is 1.58. The Hall–Kier alpha value is -2.39. The van der Waals surface area contributed by atoms with E-state index in [-0.39, 0.29) is 0 Å². The predicted octanol–water partition coefficient (Wildman–Crippen LogP) is 4.73. The van der Waals surface area contributed by atoms with Crippen LogP contribution in [-0.4, -0.2) is 28.0 Å². The average Bonchev–Trinajstić information content (AvgIpc) is 3.09. The fraction of sp³-hybridized carbons (Fsp3) is 0.318. The van der Waals surface area contributed by atoms with Crippen LogP contribution in [-0.2, 0) is 6.42 Å². The van der Waals surface area contributed by atoms with Crippen LogP contribution in [0.2, 0.25) is 0 Å². The summed E-state index contributed by atoms with van der Waals surface area (Å²) < 4.78 is 0. The zero-order valence-corrected chi connectivity index (χ0v) is 14.8. The van der Waals surface area contributed by atoms with Gasteiger partial charge in [-0.25, -0.2) is 0 Å². The first-order chi connectivity index (χ1) is 12.2. The molecule has 1 saturated heterocycles. The molecule has 0 aliphatic carbocycles. The third kappa shape index (κ3) is 2.34. The van der Waals surface area contributed by atoms with Crippen molar-refractivity contribution in [3.05, 3.63) is 64.6 Å². The minimum absolute atomic E-state index is 0.586. The number of nitrogens with one attached hydrogen (secondary N) is 1. The molecule has 4 heterocycles. The van der Waals surface area contributed by atoms with Crippen molar-refractivity contribution in [2.75, 3.05) is 7.05 Å². The van der Waals surface area contributed by atoms with Crippen molar-refractivity contribution in [2.45, 2.75) is 38.3 Å². The van der Waals surface area contributed by atoms with Crippen LogP contribution in [0.25, 0.3) is 23.1 Å². The predicted molar refractivity (Wildman–Crippen MR) is 103 cm³/mol. The van der Waals surface area contributed by atoms with Crippen molar-refractivity contribution in [2.24, 2.45) is 0 Å². The molecule has 2 aliphatic rings. The monoisotopic (exact) mass is 329 g/mol. The first-order valence-corrected chi connectivity index (χ1v) is 9.17. The summed E-state index contributed by atoms with van der Waals surface area (Å²) >= 11 is 0. The third-order valence-corrected chi connectivity index (χ3v) is 5.99. The lowest BCUT2D eigenvalue weighted by molar-refractivity contribution is 0.224. The van der Waals surface area contributed by atoms with Gasteiger partial charge in [0.1, 0.15) is 0 Å². The van der Waals surface area contributed by atoms with E-state index in [1.165, 1.54) is 35.0 Å². The zero-order chi connectivity index (χ0) is 17.0. The van der Waals surface area contributed by atoms with Crippen LogP contribution in [0.5, 0.6) is 0 Å². The number of nitrogens with zero attached hydrogens (tertiary/aromatic N) is 2. The van der Waals surface area contributed by atoms with Crippen LogP contribution >= 0.6 is 0 Å². The van der Waals surface area contributed by atoms with Crippen molar-refractivity contribution in [3.63, 3.8) is 0 Å². The fourth-order valence-electron chi connectivity index (χ4n) is 4.60. The first kappa shape index (κ1) is 14.9. The fourth-order valence-corrected chi connectivity index (χ4v) is 4.60. The molecule has 1 N–H and O–H groups in total. The molecule has 3 heteroatoms. The molecule has 2 bridgehead atoms. The number of hydrogen-bond acceptors (Lipinski definition) is 2. The van der Waals surface area contributed by atoms with Gasteiger partial charge in [-0.3, -0.25) is 9.88 Å². The highest BCUT2D eigenvalue weighted by molar-refractivity contribution is 5.94. The van der Waals surface area contributed by atoms with E-state index in [0.29, 0.717) is 12.1 Å². The molecule has 0 radical (unpaired) electrons. The number of pyridine rings is 1. The van der Waals surface area contributed by atoms with E-state index in [0.717, 1.165) is 17.7 Å². The Morgan fingerprint density at radius 2 is 2.08 bits per heavy atom. The number of para-hydroxylation sites is 1. The van der Waals surface area contributed by atoms with Crippen molar-refractivity contribution < 1.29 is 0 Å². The number of aromatic nitrogens is 2. The summed E-state index contributed by atoms with van der Waals surface area (Å²) in [5.41, 5.74) is 7.72. The molecule has 0 spiro atoms. The first-order valence-electron chi connectivity index (χ1n) is 9.17. The molecule has 1 aromatic carbocycles. The van der Waals surface area contributed by atoms with E-state index in [1.807, 2.05) is 13.1 Å². The van der Waals surface area contributed by atoms with Gasteiger partial charge in [-0.15, -0.1) is 0 Å². The highest BCUT2D eigenvalue weighted by Gasteiger charge is 2.39. The second kappa shape index (κ2) is 5.57. The van der Waals surface area contributed by atoms with Crippen molar-refractivity contribution in [3.8, 4) is 0 Å². The van der Waals surface area contributed by atoms with Gasteiger partial charge in [-0.1, -0.05) is 36.4 Å². The van der Waals surface area contributed by atoms with Crippen molar-refractivity contribution >= 4 is 23.1 Å². The quantitative estimate of drug-likeness (QED) is 0.737. The minimum Gasteiger partial charge on any atom is -0.358 e. The Kier molecular flexibility index (Phi) is 3.32. The number of rotatable bonds is 2. The summed E-state index contributed by atoms with van der Waals surface area (Å²) in [5, 5.41) is 1.40. The van der Waals surface area contributed by atoms with Crippen LogP contribution in [0.15, 0.2) is 36.5 Å². The SMILES string of the molecule is Cc1ccc(/C=C/c2cccc3c4c([nH]c23)CC2CCC4N2C)cn1. The smallest absolute Gasteiger partial charge is 0.0533 e. The number of aromatic amines is 1. The van der Waals surface area contributed by atoms with E-state index < -0.39 is 0 Å². The Morgan fingerprint density at radius 3 is 2.92 bits per heavy atom. The molecule has 1 fully saturated rings.